The van der Waals surface area contributed by atoms with Crippen LogP contribution in [0.4, 0.5) is 4.39 Å². The van der Waals surface area contributed by atoms with Crippen molar-refractivity contribution in [2.75, 3.05) is 0 Å². The fourth-order valence-electron chi connectivity index (χ4n) is 3.52. The fourth-order valence-corrected chi connectivity index (χ4v) is 3.52. The first-order valence-corrected chi connectivity index (χ1v) is 9.25. The van der Waals surface area contributed by atoms with Crippen LogP contribution in [0.5, 0.6) is 0 Å². The van der Waals surface area contributed by atoms with E-state index in [4.69, 9.17) is 5.26 Å². The maximum Gasteiger partial charge on any atom is 0.199 e. The Labute approximate surface area is 145 Å². The molecule has 0 N–H and O–H groups in total. The third-order valence-electron chi connectivity index (χ3n) is 5.02. The quantitative estimate of drug-likeness (QED) is 0.314. The monoisotopic (exact) mass is 325 g/mol. The van der Waals surface area contributed by atoms with E-state index in [1.165, 1.54) is 61.8 Å². The Balaban J connectivity index is 1.80. The summed E-state index contributed by atoms with van der Waals surface area (Å²) in [5.74, 6) is 0.446. The van der Waals surface area contributed by atoms with Crippen molar-refractivity contribution in [3.8, 4) is 6.07 Å². The summed E-state index contributed by atoms with van der Waals surface area (Å²) in [5.41, 5.74) is 2.92. The van der Waals surface area contributed by atoms with Gasteiger partial charge in [-0.25, -0.2) is 0 Å². The van der Waals surface area contributed by atoms with E-state index in [1.54, 1.807) is 6.08 Å². The van der Waals surface area contributed by atoms with Gasteiger partial charge in [0.25, 0.3) is 0 Å². The van der Waals surface area contributed by atoms with Crippen LogP contribution in [0.15, 0.2) is 48.3 Å². The zero-order valence-electron chi connectivity index (χ0n) is 14.7. The summed E-state index contributed by atoms with van der Waals surface area (Å²) in [4.78, 5) is 0. The van der Waals surface area contributed by atoms with Gasteiger partial charge in [0.05, 0.1) is 0 Å². The summed E-state index contributed by atoms with van der Waals surface area (Å²) >= 11 is 0. The molecule has 1 aliphatic carbocycles. The van der Waals surface area contributed by atoms with E-state index in [2.05, 4.69) is 31.2 Å². The van der Waals surface area contributed by atoms with E-state index in [9.17, 15) is 4.39 Å². The Morgan fingerprint density at radius 3 is 2.50 bits per heavy atom. The van der Waals surface area contributed by atoms with Crippen LogP contribution in [0.1, 0.15) is 68.9 Å². The number of nitrogens with zero attached hydrogens (tertiary/aromatic N) is 1. The normalized spacial score (nSPS) is 21.8. The molecular formula is C22H28FN. The standard InChI is InChI=1S/C22H28FN/c1-2-3-4-6-18-9-13-20(14-10-18)21-15-11-19(12-16-21)7-5-8-22(23)17-24/h5,7-10,13-14,19,21H,2-4,6,11-12,15-16H2,1H3. The molecule has 24 heavy (non-hydrogen) atoms. The van der Waals surface area contributed by atoms with E-state index in [0.717, 1.165) is 12.8 Å². The molecule has 0 radical (unpaired) electrons. The van der Waals surface area contributed by atoms with Crippen molar-refractivity contribution in [1.82, 2.24) is 0 Å². The lowest BCUT2D eigenvalue weighted by molar-refractivity contribution is 0.376. The second-order valence-electron chi connectivity index (χ2n) is 6.82. The number of benzene rings is 1. The molecule has 2 heteroatoms. The second-order valence-corrected chi connectivity index (χ2v) is 6.82. The average Bonchev–Trinajstić information content (AvgIpc) is 2.63. The van der Waals surface area contributed by atoms with Gasteiger partial charge in [-0.1, -0.05) is 56.2 Å². The summed E-state index contributed by atoms with van der Waals surface area (Å²) < 4.78 is 12.7. The van der Waals surface area contributed by atoms with Crippen LogP contribution in [0.3, 0.4) is 0 Å². The van der Waals surface area contributed by atoms with Crippen LogP contribution >= 0.6 is 0 Å². The van der Waals surface area contributed by atoms with Crippen molar-refractivity contribution in [2.45, 2.75) is 64.2 Å². The molecule has 0 aromatic heterocycles. The summed E-state index contributed by atoms with van der Waals surface area (Å²) in [6.07, 6.45) is 14.7. The summed E-state index contributed by atoms with van der Waals surface area (Å²) in [6.45, 7) is 2.24. The number of allylic oxidation sites excluding steroid dienone is 4. The summed E-state index contributed by atoms with van der Waals surface area (Å²) in [5, 5.41) is 8.39. The lowest BCUT2D eigenvalue weighted by atomic mass is 9.78. The minimum absolute atomic E-state index is 0.511. The van der Waals surface area contributed by atoms with Crippen molar-refractivity contribution < 1.29 is 4.39 Å². The van der Waals surface area contributed by atoms with Gasteiger partial charge in [-0.3, -0.25) is 0 Å². The van der Waals surface area contributed by atoms with Gasteiger partial charge < -0.3 is 0 Å². The van der Waals surface area contributed by atoms with Gasteiger partial charge in [0.15, 0.2) is 5.83 Å². The highest BCUT2D eigenvalue weighted by atomic mass is 19.1. The lowest BCUT2D eigenvalue weighted by Gasteiger charge is -2.27. The highest BCUT2D eigenvalue weighted by molar-refractivity contribution is 5.26. The van der Waals surface area contributed by atoms with Crippen molar-refractivity contribution >= 4 is 0 Å². The molecule has 0 unspecified atom stereocenters. The first-order valence-electron chi connectivity index (χ1n) is 9.25. The van der Waals surface area contributed by atoms with Crippen LogP contribution in [0.25, 0.3) is 0 Å². The van der Waals surface area contributed by atoms with Gasteiger partial charge in [0, 0.05) is 0 Å². The van der Waals surface area contributed by atoms with Gasteiger partial charge in [0.2, 0.25) is 0 Å². The minimum Gasteiger partial charge on any atom is -0.195 e. The lowest BCUT2D eigenvalue weighted by Crippen LogP contribution is -2.11. The molecule has 128 valence electrons. The minimum atomic E-state index is -0.723. The molecule has 1 aromatic rings. The van der Waals surface area contributed by atoms with Crippen LogP contribution < -0.4 is 0 Å². The second kappa shape index (κ2) is 10.1. The first-order chi connectivity index (χ1) is 11.7. The zero-order chi connectivity index (χ0) is 17.2. The van der Waals surface area contributed by atoms with Gasteiger partial charge in [-0.2, -0.15) is 9.65 Å². The van der Waals surface area contributed by atoms with Crippen molar-refractivity contribution in [3.63, 3.8) is 0 Å². The number of aryl methyl sites for hydroxylation is 1. The number of nitriles is 1. The Hall–Kier alpha value is -1.88. The highest BCUT2D eigenvalue weighted by Gasteiger charge is 2.20. The van der Waals surface area contributed by atoms with E-state index in [0.29, 0.717) is 11.8 Å². The van der Waals surface area contributed by atoms with Crippen LogP contribution in [-0.4, -0.2) is 0 Å². The highest BCUT2D eigenvalue weighted by Crippen LogP contribution is 2.36. The van der Waals surface area contributed by atoms with Gasteiger partial charge in [-0.15, -0.1) is 0 Å². The van der Waals surface area contributed by atoms with Gasteiger partial charge in [-0.05, 0) is 67.6 Å². The predicted octanol–water partition coefficient (Wildman–Crippen LogP) is 6.63. The molecule has 0 amide bonds. The van der Waals surface area contributed by atoms with Gasteiger partial charge >= 0.3 is 0 Å². The zero-order valence-corrected chi connectivity index (χ0v) is 14.7. The first kappa shape index (κ1) is 18.5. The number of hydrogen-bond donors (Lipinski definition) is 0. The number of hydrogen-bond acceptors (Lipinski definition) is 1. The molecule has 0 heterocycles. The Morgan fingerprint density at radius 1 is 1.17 bits per heavy atom. The van der Waals surface area contributed by atoms with Crippen LogP contribution in [0.2, 0.25) is 0 Å². The van der Waals surface area contributed by atoms with Crippen LogP contribution in [-0.2, 0) is 6.42 Å². The Morgan fingerprint density at radius 2 is 1.88 bits per heavy atom. The number of unbranched alkanes of at least 4 members (excludes halogenated alkanes) is 2. The van der Waals surface area contributed by atoms with Crippen molar-refractivity contribution in [2.24, 2.45) is 5.92 Å². The molecule has 0 aliphatic heterocycles. The van der Waals surface area contributed by atoms with E-state index >= 15 is 0 Å². The SMILES string of the molecule is CCCCCc1ccc(C2CCC(C=CC=C(F)C#N)CC2)cc1. The molecule has 1 aliphatic rings. The Bertz CT molecular complexity index is 583. The molecule has 0 bridgehead atoms. The van der Waals surface area contributed by atoms with E-state index in [-0.39, 0.29) is 0 Å². The van der Waals surface area contributed by atoms with Gasteiger partial charge in [0.1, 0.15) is 6.07 Å². The van der Waals surface area contributed by atoms with Crippen LogP contribution in [0, 0.1) is 17.2 Å². The number of halogens is 1. The topological polar surface area (TPSA) is 23.8 Å². The molecule has 1 aromatic carbocycles. The summed E-state index contributed by atoms with van der Waals surface area (Å²) in [6, 6.07) is 10.7. The maximum atomic E-state index is 12.7. The maximum absolute atomic E-state index is 12.7. The number of rotatable bonds is 7. The average molecular weight is 325 g/mol. The molecule has 1 nitrogen and oxygen atoms in total. The van der Waals surface area contributed by atoms with E-state index in [1.807, 2.05) is 6.08 Å². The molecule has 1 saturated carbocycles. The largest absolute Gasteiger partial charge is 0.199 e. The Kier molecular flexibility index (Phi) is 7.75. The summed E-state index contributed by atoms with van der Waals surface area (Å²) in [7, 11) is 0. The molecule has 1 fully saturated rings. The van der Waals surface area contributed by atoms with Crippen molar-refractivity contribution in [1.29, 1.82) is 5.26 Å². The molecule has 0 atom stereocenters. The van der Waals surface area contributed by atoms with E-state index < -0.39 is 5.83 Å². The smallest absolute Gasteiger partial charge is 0.195 e. The molecular weight excluding hydrogens is 297 g/mol. The molecule has 0 saturated heterocycles. The van der Waals surface area contributed by atoms with Crippen molar-refractivity contribution in [3.05, 3.63) is 59.4 Å². The fraction of sp³-hybridized carbons (Fsp3) is 0.500. The third-order valence-corrected chi connectivity index (χ3v) is 5.02. The molecule has 2 rings (SSSR count). The molecule has 0 spiro atoms. The third kappa shape index (κ3) is 5.96. The predicted molar refractivity (Wildman–Crippen MR) is 98.3 cm³/mol.